The summed E-state index contributed by atoms with van der Waals surface area (Å²) in [5, 5.41) is 3.27. The fourth-order valence-electron chi connectivity index (χ4n) is 3.70. The van der Waals surface area contributed by atoms with E-state index in [9.17, 15) is 4.79 Å². The fourth-order valence-corrected chi connectivity index (χ4v) is 3.70. The number of aromatic nitrogens is 4. The molecular weight excluding hydrogens is 332 g/mol. The van der Waals surface area contributed by atoms with E-state index in [2.05, 4.69) is 25.3 Å². The number of nitrogens with one attached hydrogen (secondary N) is 1. The van der Waals surface area contributed by atoms with Gasteiger partial charge in [-0.25, -0.2) is 15.0 Å². The van der Waals surface area contributed by atoms with Gasteiger partial charge in [-0.05, 0) is 31.2 Å². The van der Waals surface area contributed by atoms with Crippen LogP contribution >= 0.6 is 0 Å². The third-order valence-electron chi connectivity index (χ3n) is 5.14. The minimum Gasteiger partial charge on any atom is -0.371 e. The number of nitrogens with zero attached hydrogens (tertiary/aromatic N) is 5. The van der Waals surface area contributed by atoms with E-state index in [0.717, 1.165) is 31.6 Å². The first-order chi connectivity index (χ1) is 12.7. The maximum atomic E-state index is 12.4. The van der Waals surface area contributed by atoms with E-state index in [0.29, 0.717) is 30.6 Å². The van der Waals surface area contributed by atoms with Crippen molar-refractivity contribution in [2.45, 2.75) is 25.4 Å². The number of aryl methyl sites for hydroxylation is 1. The molecule has 0 unspecified atom stereocenters. The molecule has 1 amide bonds. The largest absolute Gasteiger partial charge is 0.371 e. The molecule has 2 saturated heterocycles. The highest BCUT2D eigenvalue weighted by Crippen LogP contribution is 2.42. The first-order valence-electron chi connectivity index (χ1n) is 8.88. The average Bonchev–Trinajstić information content (AvgIpc) is 3.06. The lowest BCUT2D eigenvalue weighted by Crippen LogP contribution is -2.66. The van der Waals surface area contributed by atoms with Gasteiger partial charge in [-0.15, -0.1) is 0 Å². The summed E-state index contributed by atoms with van der Waals surface area (Å²) in [6.45, 7) is 4.74. The Balaban J connectivity index is 1.30. The minimum absolute atomic E-state index is 0.0795. The molecule has 0 aromatic carbocycles. The summed E-state index contributed by atoms with van der Waals surface area (Å²) < 4.78 is 6.03. The SMILES string of the molecule is Cc1cnc(NCC[C@@H]2CCOC23CN(C(=O)c2cnccn2)C3)nc1. The Hall–Kier alpha value is -2.61. The van der Waals surface area contributed by atoms with Crippen molar-refractivity contribution in [3.8, 4) is 0 Å². The number of likely N-dealkylation sites (tertiary alicyclic amines) is 1. The van der Waals surface area contributed by atoms with Crippen molar-refractivity contribution in [3.63, 3.8) is 0 Å². The Morgan fingerprint density at radius 1 is 1.27 bits per heavy atom. The lowest BCUT2D eigenvalue weighted by Gasteiger charge is -2.50. The Labute approximate surface area is 152 Å². The molecule has 2 aliphatic heterocycles. The molecule has 0 radical (unpaired) electrons. The number of anilines is 1. The molecule has 4 rings (SSSR count). The summed E-state index contributed by atoms with van der Waals surface area (Å²) in [4.78, 5) is 30.8. The molecule has 2 aromatic rings. The van der Waals surface area contributed by atoms with Gasteiger partial charge in [-0.2, -0.15) is 0 Å². The monoisotopic (exact) mass is 354 g/mol. The molecule has 136 valence electrons. The Bertz CT molecular complexity index is 761. The molecule has 2 aromatic heterocycles. The van der Waals surface area contributed by atoms with Crippen LogP contribution in [0.25, 0.3) is 0 Å². The van der Waals surface area contributed by atoms with Crippen LogP contribution in [0.5, 0.6) is 0 Å². The molecule has 1 N–H and O–H groups in total. The molecule has 26 heavy (non-hydrogen) atoms. The number of carbonyl (C=O) groups is 1. The van der Waals surface area contributed by atoms with Gasteiger partial charge in [0, 0.05) is 37.9 Å². The van der Waals surface area contributed by atoms with Gasteiger partial charge < -0.3 is 15.0 Å². The minimum atomic E-state index is -0.215. The van der Waals surface area contributed by atoms with Crippen LogP contribution in [0, 0.1) is 12.8 Å². The topological polar surface area (TPSA) is 93.1 Å². The lowest BCUT2D eigenvalue weighted by molar-refractivity contribution is -0.117. The molecular formula is C18H22N6O2. The molecule has 0 saturated carbocycles. The van der Waals surface area contributed by atoms with Crippen molar-refractivity contribution in [2.75, 3.05) is 31.6 Å². The summed E-state index contributed by atoms with van der Waals surface area (Å²) >= 11 is 0. The van der Waals surface area contributed by atoms with Crippen LogP contribution in [0.2, 0.25) is 0 Å². The first-order valence-corrected chi connectivity index (χ1v) is 8.88. The molecule has 0 bridgehead atoms. The van der Waals surface area contributed by atoms with Gasteiger partial charge in [-0.1, -0.05) is 0 Å². The Kier molecular flexibility index (Phi) is 4.50. The van der Waals surface area contributed by atoms with Gasteiger partial charge in [-0.3, -0.25) is 9.78 Å². The van der Waals surface area contributed by atoms with E-state index in [1.54, 1.807) is 23.5 Å². The van der Waals surface area contributed by atoms with E-state index >= 15 is 0 Å². The first kappa shape index (κ1) is 16.8. The molecule has 4 heterocycles. The van der Waals surface area contributed by atoms with Crippen molar-refractivity contribution in [1.29, 1.82) is 0 Å². The van der Waals surface area contributed by atoms with Crippen LogP contribution in [0.1, 0.15) is 28.9 Å². The smallest absolute Gasteiger partial charge is 0.274 e. The van der Waals surface area contributed by atoms with Gasteiger partial charge >= 0.3 is 0 Å². The summed E-state index contributed by atoms with van der Waals surface area (Å²) in [5.74, 6) is 0.993. The molecule has 1 atom stereocenters. The zero-order valence-electron chi connectivity index (χ0n) is 14.8. The second-order valence-electron chi connectivity index (χ2n) is 6.95. The summed E-state index contributed by atoms with van der Waals surface area (Å²) in [7, 11) is 0. The highest BCUT2D eigenvalue weighted by atomic mass is 16.5. The van der Waals surface area contributed by atoms with Crippen LogP contribution in [-0.2, 0) is 4.74 Å². The maximum absolute atomic E-state index is 12.4. The third-order valence-corrected chi connectivity index (χ3v) is 5.14. The van der Waals surface area contributed by atoms with E-state index in [1.807, 2.05) is 6.92 Å². The van der Waals surface area contributed by atoms with E-state index in [4.69, 9.17) is 4.74 Å². The zero-order chi connectivity index (χ0) is 18.0. The standard InChI is InChI=1S/C18H22N6O2/c1-13-8-22-17(23-9-13)21-4-2-14-3-7-26-18(14)11-24(12-18)16(25)15-10-19-5-6-20-15/h5-6,8-10,14H,2-4,7,11-12H2,1H3,(H,21,22,23)/t14-/m1/s1. The normalized spacial score (nSPS) is 20.8. The number of amides is 1. The lowest BCUT2D eigenvalue weighted by atomic mass is 9.79. The van der Waals surface area contributed by atoms with Crippen molar-refractivity contribution in [2.24, 2.45) is 5.92 Å². The van der Waals surface area contributed by atoms with Crippen molar-refractivity contribution in [3.05, 3.63) is 42.2 Å². The summed E-state index contributed by atoms with van der Waals surface area (Å²) in [6.07, 6.45) is 10.2. The quantitative estimate of drug-likeness (QED) is 0.865. The average molecular weight is 354 g/mol. The van der Waals surface area contributed by atoms with Gasteiger partial charge in [0.1, 0.15) is 11.3 Å². The predicted octanol–water partition coefficient (Wildman–Crippen LogP) is 1.31. The molecule has 2 aliphatic rings. The highest BCUT2D eigenvalue weighted by molar-refractivity contribution is 5.92. The third kappa shape index (κ3) is 3.24. The van der Waals surface area contributed by atoms with Gasteiger partial charge in [0.2, 0.25) is 5.95 Å². The maximum Gasteiger partial charge on any atom is 0.274 e. The molecule has 0 aliphatic carbocycles. The number of ether oxygens (including phenoxy) is 1. The van der Waals surface area contributed by atoms with Gasteiger partial charge in [0.25, 0.3) is 5.91 Å². The highest BCUT2D eigenvalue weighted by Gasteiger charge is 2.54. The number of hydrogen-bond donors (Lipinski definition) is 1. The predicted molar refractivity (Wildman–Crippen MR) is 94.6 cm³/mol. The molecule has 8 nitrogen and oxygen atoms in total. The van der Waals surface area contributed by atoms with E-state index in [-0.39, 0.29) is 11.5 Å². The second-order valence-corrected chi connectivity index (χ2v) is 6.95. The van der Waals surface area contributed by atoms with E-state index < -0.39 is 0 Å². The van der Waals surface area contributed by atoms with Crippen LogP contribution in [0.15, 0.2) is 31.0 Å². The Morgan fingerprint density at radius 3 is 2.81 bits per heavy atom. The van der Waals surface area contributed by atoms with E-state index in [1.165, 1.54) is 12.4 Å². The van der Waals surface area contributed by atoms with Gasteiger partial charge in [0.15, 0.2) is 0 Å². The second kappa shape index (κ2) is 6.95. The van der Waals surface area contributed by atoms with Gasteiger partial charge in [0.05, 0.1) is 19.3 Å². The summed E-state index contributed by atoms with van der Waals surface area (Å²) in [5.41, 5.74) is 1.21. The Morgan fingerprint density at radius 2 is 2.08 bits per heavy atom. The molecule has 2 fully saturated rings. The zero-order valence-corrected chi connectivity index (χ0v) is 14.8. The van der Waals surface area contributed by atoms with Crippen LogP contribution < -0.4 is 5.32 Å². The molecule has 1 spiro atoms. The number of carbonyl (C=O) groups excluding carboxylic acids is 1. The van der Waals surface area contributed by atoms with Crippen LogP contribution in [0.3, 0.4) is 0 Å². The summed E-state index contributed by atoms with van der Waals surface area (Å²) in [6, 6.07) is 0. The van der Waals surface area contributed by atoms with Crippen molar-refractivity contribution < 1.29 is 9.53 Å². The van der Waals surface area contributed by atoms with Crippen molar-refractivity contribution in [1.82, 2.24) is 24.8 Å². The van der Waals surface area contributed by atoms with Crippen LogP contribution in [0.4, 0.5) is 5.95 Å². The van der Waals surface area contributed by atoms with Crippen molar-refractivity contribution >= 4 is 11.9 Å². The van der Waals surface area contributed by atoms with Crippen LogP contribution in [-0.4, -0.2) is 62.6 Å². The number of hydrogen-bond acceptors (Lipinski definition) is 7. The molecule has 8 heteroatoms. The fraction of sp³-hybridized carbons (Fsp3) is 0.500. The number of rotatable bonds is 5.